The van der Waals surface area contributed by atoms with Gasteiger partial charge < -0.3 is 10.1 Å². The number of rotatable bonds is 3. The largest absolute Gasteiger partial charge is 0.371 e. The summed E-state index contributed by atoms with van der Waals surface area (Å²) in [5.74, 6) is 0. The van der Waals surface area contributed by atoms with E-state index in [0.717, 1.165) is 13.1 Å². The Bertz CT molecular complexity index is 291. The second-order valence-corrected chi connectivity index (χ2v) is 3.47. The Hall–Kier alpha value is -0.870. The lowest BCUT2D eigenvalue weighted by molar-refractivity contribution is 0.00734. The van der Waals surface area contributed by atoms with Crippen LogP contribution in [-0.4, -0.2) is 29.0 Å². The quantitative estimate of drug-likeness (QED) is 0.725. The van der Waals surface area contributed by atoms with E-state index in [4.69, 9.17) is 4.74 Å². The van der Waals surface area contributed by atoms with Gasteiger partial charge in [-0.05, 0) is 6.92 Å². The maximum absolute atomic E-state index is 5.64. The zero-order valence-corrected chi connectivity index (χ0v) is 8.08. The Kier molecular flexibility index (Phi) is 2.33. The van der Waals surface area contributed by atoms with Crippen LogP contribution in [0.2, 0.25) is 0 Å². The molecule has 4 nitrogen and oxygen atoms in total. The fourth-order valence-electron chi connectivity index (χ4n) is 1.27. The lowest BCUT2D eigenvalue weighted by Gasteiger charge is -2.26. The molecule has 13 heavy (non-hydrogen) atoms. The third-order valence-corrected chi connectivity index (χ3v) is 2.56. The second-order valence-electron chi connectivity index (χ2n) is 3.47. The molecule has 1 fully saturated rings. The molecule has 2 heterocycles. The number of hydrogen-bond acceptors (Lipinski definition) is 3. The van der Waals surface area contributed by atoms with Gasteiger partial charge in [0.25, 0.3) is 0 Å². The van der Waals surface area contributed by atoms with Gasteiger partial charge in [0, 0.05) is 31.4 Å². The predicted molar refractivity (Wildman–Crippen MR) is 49.4 cm³/mol. The van der Waals surface area contributed by atoms with E-state index >= 15 is 0 Å². The maximum atomic E-state index is 5.64. The summed E-state index contributed by atoms with van der Waals surface area (Å²) in [6.07, 6.45) is 2.28. The molecule has 0 aromatic carbocycles. The summed E-state index contributed by atoms with van der Waals surface area (Å²) in [6.45, 7) is 4.72. The van der Waals surface area contributed by atoms with Gasteiger partial charge in [-0.2, -0.15) is 5.10 Å². The van der Waals surface area contributed by atoms with Crippen LogP contribution in [0.15, 0.2) is 6.20 Å². The van der Waals surface area contributed by atoms with Gasteiger partial charge in [-0.1, -0.05) is 0 Å². The van der Waals surface area contributed by atoms with Crippen molar-refractivity contribution in [3.05, 3.63) is 17.5 Å². The highest BCUT2D eigenvalue weighted by atomic mass is 16.5. The van der Waals surface area contributed by atoms with Gasteiger partial charge in [-0.15, -0.1) is 0 Å². The van der Waals surface area contributed by atoms with Crippen molar-refractivity contribution in [3.63, 3.8) is 0 Å². The Morgan fingerprint density at radius 3 is 2.92 bits per heavy atom. The first-order valence-electron chi connectivity index (χ1n) is 4.57. The van der Waals surface area contributed by atoms with Crippen LogP contribution in [0.3, 0.4) is 0 Å². The van der Waals surface area contributed by atoms with E-state index in [0.29, 0.717) is 12.7 Å². The fourth-order valence-corrected chi connectivity index (χ4v) is 1.27. The summed E-state index contributed by atoms with van der Waals surface area (Å²) in [6, 6.07) is 0. The van der Waals surface area contributed by atoms with Crippen molar-refractivity contribution in [2.75, 3.05) is 13.1 Å². The van der Waals surface area contributed by atoms with Crippen LogP contribution < -0.4 is 5.32 Å². The summed E-state index contributed by atoms with van der Waals surface area (Å²) in [5.41, 5.74) is 2.38. The van der Waals surface area contributed by atoms with Crippen molar-refractivity contribution in [1.82, 2.24) is 15.1 Å². The van der Waals surface area contributed by atoms with Crippen LogP contribution in [0.5, 0.6) is 0 Å². The van der Waals surface area contributed by atoms with Crippen LogP contribution in [0.4, 0.5) is 0 Å². The third kappa shape index (κ3) is 1.73. The van der Waals surface area contributed by atoms with Crippen molar-refractivity contribution in [2.45, 2.75) is 19.6 Å². The van der Waals surface area contributed by atoms with Gasteiger partial charge >= 0.3 is 0 Å². The van der Waals surface area contributed by atoms with Crippen LogP contribution >= 0.6 is 0 Å². The molecule has 1 aliphatic heterocycles. The van der Waals surface area contributed by atoms with E-state index in [-0.39, 0.29) is 0 Å². The van der Waals surface area contributed by atoms with Gasteiger partial charge in [-0.3, -0.25) is 4.68 Å². The molecular formula is C9H15N3O. The van der Waals surface area contributed by atoms with E-state index in [1.54, 1.807) is 0 Å². The molecule has 0 bridgehead atoms. The van der Waals surface area contributed by atoms with Crippen molar-refractivity contribution >= 4 is 0 Å². The molecule has 2 rings (SSSR count). The molecule has 1 aromatic heterocycles. The lowest BCUT2D eigenvalue weighted by Crippen LogP contribution is -2.48. The van der Waals surface area contributed by atoms with E-state index in [2.05, 4.69) is 17.3 Å². The Morgan fingerprint density at radius 1 is 1.69 bits per heavy atom. The number of aromatic nitrogens is 2. The zero-order chi connectivity index (χ0) is 9.26. The molecule has 1 aliphatic rings. The van der Waals surface area contributed by atoms with Crippen LogP contribution in [0, 0.1) is 6.92 Å². The van der Waals surface area contributed by atoms with E-state index in [9.17, 15) is 0 Å². The first-order chi connectivity index (χ1) is 6.27. The minimum atomic E-state index is 0.402. The first kappa shape index (κ1) is 8.72. The molecule has 0 amide bonds. The number of nitrogens with zero attached hydrogens (tertiary/aromatic N) is 2. The highest BCUT2D eigenvalue weighted by molar-refractivity contribution is 5.14. The minimum Gasteiger partial charge on any atom is -0.371 e. The smallest absolute Gasteiger partial charge is 0.0828 e. The second kappa shape index (κ2) is 3.47. The predicted octanol–water partition coefficient (Wildman–Crippen LogP) is 0.217. The van der Waals surface area contributed by atoms with Gasteiger partial charge in [0.05, 0.1) is 18.9 Å². The van der Waals surface area contributed by atoms with Crippen molar-refractivity contribution < 1.29 is 4.74 Å². The average Bonchev–Trinajstić information content (AvgIpc) is 2.33. The maximum Gasteiger partial charge on any atom is 0.0828 e. The highest BCUT2D eigenvalue weighted by Crippen LogP contribution is 2.09. The SMILES string of the molecule is Cc1c(COC2CNC2)cnn1C. The lowest BCUT2D eigenvalue weighted by atomic mass is 10.2. The molecule has 1 aromatic rings. The molecule has 72 valence electrons. The molecule has 0 unspecified atom stereocenters. The normalized spacial score (nSPS) is 17.4. The van der Waals surface area contributed by atoms with Gasteiger partial charge in [0.2, 0.25) is 0 Å². The molecule has 4 heteroatoms. The van der Waals surface area contributed by atoms with Crippen LogP contribution in [-0.2, 0) is 18.4 Å². The molecule has 1 N–H and O–H groups in total. The molecule has 0 spiro atoms. The minimum absolute atomic E-state index is 0.402. The molecular weight excluding hydrogens is 166 g/mol. The third-order valence-electron chi connectivity index (χ3n) is 2.56. The summed E-state index contributed by atoms with van der Waals surface area (Å²) in [4.78, 5) is 0. The van der Waals surface area contributed by atoms with E-state index in [1.165, 1.54) is 11.3 Å². The van der Waals surface area contributed by atoms with Crippen molar-refractivity contribution in [1.29, 1.82) is 0 Å². The number of aryl methyl sites for hydroxylation is 1. The Morgan fingerprint density at radius 2 is 2.46 bits per heavy atom. The summed E-state index contributed by atoms with van der Waals surface area (Å²) in [5, 5.41) is 7.33. The first-order valence-corrected chi connectivity index (χ1v) is 4.57. The molecule has 0 aliphatic carbocycles. The fraction of sp³-hybridized carbons (Fsp3) is 0.667. The van der Waals surface area contributed by atoms with Crippen molar-refractivity contribution in [2.24, 2.45) is 7.05 Å². The van der Waals surface area contributed by atoms with Crippen molar-refractivity contribution in [3.8, 4) is 0 Å². The number of ether oxygens (including phenoxy) is 1. The van der Waals surface area contributed by atoms with Gasteiger partial charge in [-0.25, -0.2) is 0 Å². The monoisotopic (exact) mass is 181 g/mol. The highest BCUT2D eigenvalue weighted by Gasteiger charge is 2.17. The van der Waals surface area contributed by atoms with Gasteiger partial charge in [0.15, 0.2) is 0 Å². The summed E-state index contributed by atoms with van der Waals surface area (Å²) >= 11 is 0. The zero-order valence-electron chi connectivity index (χ0n) is 8.08. The summed E-state index contributed by atoms with van der Waals surface area (Å²) in [7, 11) is 1.95. The molecule has 0 atom stereocenters. The Labute approximate surface area is 77.9 Å². The van der Waals surface area contributed by atoms with Gasteiger partial charge in [0.1, 0.15) is 0 Å². The summed E-state index contributed by atoms with van der Waals surface area (Å²) < 4.78 is 7.52. The molecule has 1 saturated heterocycles. The van der Waals surface area contributed by atoms with Crippen LogP contribution in [0.1, 0.15) is 11.3 Å². The molecule has 0 saturated carbocycles. The van der Waals surface area contributed by atoms with E-state index < -0.39 is 0 Å². The molecule has 0 radical (unpaired) electrons. The topological polar surface area (TPSA) is 39.1 Å². The number of nitrogens with one attached hydrogen (secondary N) is 1. The van der Waals surface area contributed by atoms with Crippen LogP contribution in [0.25, 0.3) is 0 Å². The van der Waals surface area contributed by atoms with E-state index in [1.807, 2.05) is 17.9 Å². The number of hydrogen-bond donors (Lipinski definition) is 1. The standard InChI is InChI=1S/C9H15N3O/c1-7-8(3-11-12(7)2)6-13-9-4-10-5-9/h3,9-10H,4-6H2,1-2H3. The Balaban J connectivity index is 1.89. The average molecular weight is 181 g/mol.